The number of unbranched alkanes of at least 4 members (excludes halogenated alkanes) is 6. The largest absolute Gasteiger partial charge is 0.461 e. The summed E-state index contributed by atoms with van der Waals surface area (Å²) >= 11 is 0. The first kappa shape index (κ1) is 30.6. The van der Waals surface area contributed by atoms with E-state index in [9.17, 15) is 14.4 Å². The van der Waals surface area contributed by atoms with E-state index in [2.05, 4.69) is 6.92 Å². The third-order valence-corrected chi connectivity index (χ3v) is 6.22. The number of esters is 1. The van der Waals surface area contributed by atoms with Gasteiger partial charge >= 0.3 is 5.97 Å². The maximum absolute atomic E-state index is 13.2. The predicted molar refractivity (Wildman–Crippen MR) is 140 cm³/mol. The number of hydrogen-bond acceptors (Lipinski definition) is 5. The van der Waals surface area contributed by atoms with Crippen molar-refractivity contribution in [1.29, 1.82) is 0 Å². The SMILES string of the molecule is CCCCCCCCC[C@@H](CC(N)=O)N(CCC)C(=O)[C@@H](N)CCCC(=O)OCc1ccccc1. The Hall–Kier alpha value is -2.41. The molecule has 35 heavy (non-hydrogen) atoms. The standard InChI is InChI=1S/C28H47N3O4/c1-3-5-6-7-8-9-13-17-24(21-26(30)32)31(20-4-2)28(34)25(29)18-14-19-27(33)35-22-23-15-11-10-12-16-23/h10-12,15-16,24-25H,3-9,13-14,17-22,29H2,1-2H3,(H2,30,32)/t24-,25-/m0/s1. The molecule has 0 bridgehead atoms. The van der Waals surface area contributed by atoms with Crippen LogP contribution in [0.2, 0.25) is 0 Å². The number of ether oxygens (including phenoxy) is 1. The monoisotopic (exact) mass is 489 g/mol. The molecule has 7 heteroatoms. The van der Waals surface area contributed by atoms with Crippen molar-refractivity contribution in [3.05, 3.63) is 35.9 Å². The lowest BCUT2D eigenvalue weighted by Gasteiger charge is -2.33. The highest BCUT2D eigenvalue weighted by Crippen LogP contribution is 2.18. The fourth-order valence-electron chi connectivity index (χ4n) is 4.26. The minimum absolute atomic E-state index is 0.153. The molecule has 0 aliphatic rings. The van der Waals surface area contributed by atoms with Gasteiger partial charge < -0.3 is 21.1 Å². The van der Waals surface area contributed by atoms with Gasteiger partial charge in [-0.3, -0.25) is 14.4 Å². The van der Waals surface area contributed by atoms with E-state index < -0.39 is 11.9 Å². The normalized spacial score (nSPS) is 12.7. The minimum atomic E-state index is -0.715. The van der Waals surface area contributed by atoms with Gasteiger partial charge in [-0.1, -0.05) is 89.1 Å². The van der Waals surface area contributed by atoms with Gasteiger partial charge in [-0.15, -0.1) is 0 Å². The molecule has 0 unspecified atom stereocenters. The van der Waals surface area contributed by atoms with E-state index in [1.54, 1.807) is 4.90 Å². The summed E-state index contributed by atoms with van der Waals surface area (Å²) in [5.74, 6) is -0.871. The zero-order valence-electron chi connectivity index (χ0n) is 21.9. The molecule has 1 aromatic carbocycles. The Kier molecular flexibility index (Phi) is 16.5. The quantitative estimate of drug-likeness (QED) is 0.201. The molecule has 0 aliphatic carbocycles. The number of amides is 2. The summed E-state index contributed by atoms with van der Waals surface area (Å²) in [5, 5.41) is 0. The summed E-state index contributed by atoms with van der Waals surface area (Å²) in [6.07, 6.45) is 11.0. The fraction of sp³-hybridized carbons (Fsp3) is 0.679. The summed E-state index contributed by atoms with van der Waals surface area (Å²) in [6.45, 7) is 4.99. The molecule has 1 aromatic rings. The summed E-state index contributed by atoms with van der Waals surface area (Å²) < 4.78 is 5.30. The highest BCUT2D eigenvalue weighted by molar-refractivity contribution is 5.83. The average molecular weight is 490 g/mol. The molecule has 0 aliphatic heterocycles. The predicted octanol–water partition coefficient (Wildman–Crippen LogP) is 4.85. The lowest BCUT2D eigenvalue weighted by atomic mass is 9.99. The minimum Gasteiger partial charge on any atom is -0.461 e. The van der Waals surface area contributed by atoms with Crippen molar-refractivity contribution in [3.8, 4) is 0 Å². The number of primary amides is 1. The van der Waals surface area contributed by atoms with E-state index in [4.69, 9.17) is 16.2 Å². The van der Waals surface area contributed by atoms with Gasteiger partial charge in [0.15, 0.2) is 0 Å². The smallest absolute Gasteiger partial charge is 0.306 e. The maximum atomic E-state index is 13.2. The molecule has 2 amide bonds. The van der Waals surface area contributed by atoms with Gasteiger partial charge in [-0.2, -0.15) is 0 Å². The first-order chi connectivity index (χ1) is 16.9. The lowest BCUT2D eigenvalue weighted by Crippen LogP contribution is -2.50. The molecular formula is C28H47N3O4. The first-order valence-corrected chi connectivity index (χ1v) is 13.4. The van der Waals surface area contributed by atoms with Gasteiger partial charge in [-0.25, -0.2) is 0 Å². The van der Waals surface area contributed by atoms with Crippen molar-refractivity contribution in [2.45, 2.75) is 116 Å². The summed E-state index contributed by atoms with van der Waals surface area (Å²) in [7, 11) is 0. The van der Waals surface area contributed by atoms with Crippen LogP contribution < -0.4 is 11.5 Å². The topological polar surface area (TPSA) is 116 Å². The van der Waals surface area contributed by atoms with E-state index in [0.29, 0.717) is 19.4 Å². The Bertz CT molecular complexity index is 726. The molecular weight excluding hydrogens is 442 g/mol. The second kappa shape index (κ2) is 18.9. The molecule has 0 aromatic heterocycles. The van der Waals surface area contributed by atoms with Crippen LogP contribution in [0.3, 0.4) is 0 Å². The average Bonchev–Trinajstić information content (AvgIpc) is 2.84. The number of rotatable bonds is 20. The van der Waals surface area contributed by atoms with E-state index in [-0.39, 0.29) is 37.4 Å². The number of carbonyl (C=O) groups excluding carboxylic acids is 3. The molecule has 4 N–H and O–H groups in total. The molecule has 7 nitrogen and oxygen atoms in total. The van der Waals surface area contributed by atoms with E-state index in [1.165, 1.54) is 32.1 Å². The van der Waals surface area contributed by atoms with Gasteiger partial charge in [0.05, 0.1) is 6.04 Å². The van der Waals surface area contributed by atoms with Gasteiger partial charge in [-0.05, 0) is 31.2 Å². The second-order valence-electron chi connectivity index (χ2n) is 9.41. The second-order valence-corrected chi connectivity index (χ2v) is 9.41. The van der Waals surface area contributed by atoms with Crippen LogP contribution in [0.15, 0.2) is 30.3 Å². The highest BCUT2D eigenvalue weighted by Gasteiger charge is 2.28. The van der Waals surface area contributed by atoms with Crippen LogP contribution in [0.25, 0.3) is 0 Å². The Labute approximate surface area is 211 Å². The van der Waals surface area contributed by atoms with Crippen molar-refractivity contribution >= 4 is 17.8 Å². The molecule has 2 atom stereocenters. The van der Waals surface area contributed by atoms with Crippen LogP contribution in [-0.4, -0.2) is 41.3 Å². The number of hydrogen-bond donors (Lipinski definition) is 2. The molecule has 0 saturated heterocycles. The zero-order chi connectivity index (χ0) is 25.9. The van der Waals surface area contributed by atoms with Crippen LogP contribution in [0.1, 0.15) is 103 Å². The Morgan fingerprint density at radius 2 is 1.54 bits per heavy atom. The summed E-state index contributed by atoms with van der Waals surface area (Å²) in [4.78, 5) is 38.7. The van der Waals surface area contributed by atoms with Crippen molar-refractivity contribution < 1.29 is 19.1 Å². The highest BCUT2D eigenvalue weighted by atomic mass is 16.5. The molecule has 0 spiro atoms. The van der Waals surface area contributed by atoms with Crippen molar-refractivity contribution in [2.24, 2.45) is 11.5 Å². The molecule has 0 radical (unpaired) electrons. The number of nitrogens with zero attached hydrogens (tertiary/aromatic N) is 1. The maximum Gasteiger partial charge on any atom is 0.306 e. The Morgan fingerprint density at radius 3 is 2.17 bits per heavy atom. The Morgan fingerprint density at radius 1 is 0.886 bits per heavy atom. The lowest BCUT2D eigenvalue weighted by molar-refractivity contribution is -0.145. The van der Waals surface area contributed by atoms with Crippen molar-refractivity contribution in [1.82, 2.24) is 4.90 Å². The zero-order valence-corrected chi connectivity index (χ0v) is 21.9. The van der Waals surface area contributed by atoms with Crippen LogP contribution in [0.4, 0.5) is 0 Å². The third kappa shape index (κ3) is 13.9. The van der Waals surface area contributed by atoms with Gasteiger partial charge in [0.1, 0.15) is 6.61 Å². The van der Waals surface area contributed by atoms with E-state index in [1.807, 2.05) is 37.3 Å². The summed E-state index contributed by atoms with van der Waals surface area (Å²) in [5.41, 5.74) is 12.7. The van der Waals surface area contributed by atoms with E-state index >= 15 is 0 Å². The van der Waals surface area contributed by atoms with Crippen LogP contribution in [0, 0.1) is 0 Å². The number of carbonyl (C=O) groups is 3. The Balaban J connectivity index is 2.51. The van der Waals surface area contributed by atoms with Gasteiger partial charge in [0, 0.05) is 25.4 Å². The van der Waals surface area contributed by atoms with Crippen LogP contribution >= 0.6 is 0 Å². The van der Waals surface area contributed by atoms with Crippen molar-refractivity contribution in [3.63, 3.8) is 0 Å². The van der Waals surface area contributed by atoms with Gasteiger partial charge in [0.25, 0.3) is 0 Å². The first-order valence-electron chi connectivity index (χ1n) is 13.4. The third-order valence-electron chi connectivity index (χ3n) is 6.22. The van der Waals surface area contributed by atoms with Crippen LogP contribution in [0.5, 0.6) is 0 Å². The number of nitrogens with two attached hydrogens (primary N) is 2. The van der Waals surface area contributed by atoms with E-state index in [0.717, 1.165) is 31.2 Å². The molecule has 0 fully saturated rings. The number of benzene rings is 1. The molecule has 0 saturated carbocycles. The molecule has 1 rings (SSSR count). The molecule has 198 valence electrons. The van der Waals surface area contributed by atoms with Crippen molar-refractivity contribution in [2.75, 3.05) is 6.54 Å². The molecule has 0 heterocycles. The van der Waals surface area contributed by atoms with Gasteiger partial charge in [0.2, 0.25) is 11.8 Å². The summed E-state index contributed by atoms with van der Waals surface area (Å²) in [6, 6.07) is 8.57. The van der Waals surface area contributed by atoms with Crippen LogP contribution in [-0.2, 0) is 25.7 Å². The fourth-order valence-corrected chi connectivity index (χ4v) is 4.26.